The van der Waals surface area contributed by atoms with Crippen LogP contribution in [0.1, 0.15) is 38.2 Å². The molecule has 0 saturated heterocycles. The molecule has 0 atom stereocenters. The Bertz CT molecular complexity index is 590. The molecule has 0 saturated carbocycles. The number of alkyl halides is 1. The lowest BCUT2D eigenvalue weighted by molar-refractivity contribution is 0.461. The summed E-state index contributed by atoms with van der Waals surface area (Å²) in [5.41, 5.74) is 3.03. The second-order valence-electron chi connectivity index (χ2n) is 5.22. The van der Waals surface area contributed by atoms with Crippen molar-refractivity contribution in [1.29, 1.82) is 0 Å². The van der Waals surface area contributed by atoms with Gasteiger partial charge >= 0.3 is 0 Å². The fourth-order valence-corrected chi connectivity index (χ4v) is 3.80. The first-order valence-electron chi connectivity index (χ1n) is 7.01. The van der Waals surface area contributed by atoms with E-state index in [0.717, 1.165) is 42.1 Å². The van der Waals surface area contributed by atoms with Gasteiger partial charge in [0.15, 0.2) is 5.65 Å². The van der Waals surface area contributed by atoms with Gasteiger partial charge in [0.2, 0.25) is 0 Å². The highest BCUT2D eigenvalue weighted by atomic mass is 35.5. The number of imidazole rings is 1. The Morgan fingerprint density at radius 3 is 2.45 bits per heavy atom. The van der Waals surface area contributed by atoms with Crippen molar-refractivity contribution in [3.05, 3.63) is 11.5 Å². The maximum absolute atomic E-state index is 6.10. The fourth-order valence-electron chi connectivity index (χ4n) is 2.76. The van der Waals surface area contributed by atoms with Gasteiger partial charge in [-0.3, -0.25) is 4.68 Å². The standard InChI is InChI=1S/C14H23ClN4S/c1-6-14(7-2,20-5)9-19-11(8-15)16-12-10(3)17-18(4)13(12)19/h6-9H2,1-5H3. The number of rotatable bonds is 6. The van der Waals surface area contributed by atoms with Crippen molar-refractivity contribution in [3.8, 4) is 0 Å². The fraction of sp³-hybridized carbons (Fsp3) is 0.714. The molecule has 2 aromatic rings. The van der Waals surface area contributed by atoms with Crippen LogP contribution in [0, 0.1) is 6.92 Å². The van der Waals surface area contributed by atoms with Crippen molar-refractivity contribution < 1.29 is 0 Å². The van der Waals surface area contributed by atoms with Gasteiger partial charge in [-0.1, -0.05) is 13.8 Å². The molecule has 6 heteroatoms. The van der Waals surface area contributed by atoms with Crippen LogP contribution in [-0.4, -0.2) is 30.3 Å². The summed E-state index contributed by atoms with van der Waals surface area (Å²) >= 11 is 8.04. The van der Waals surface area contributed by atoms with E-state index in [2.05, 4.69) is 34.8 Å². The van der Waals surface area contributed by atoms with Crippen LogP contribution in [0.2, 0.25) is 0 Å². The molecule has 0 aliphatic carbocycles. The molecule has 2 aromatic heterocycles. The van der Waals surface area contributed by atoms with Gasteiger partial charge in [0.1, 0.15) is 11.3 Å². The van der Waals surface area contributed by atoms with Gasteiger partial charge in [-0.15, -0.1) is 11.6 Å². The topological polar surface area (TPSA) is 35.6 Å². The smallest absolute Gasteiger partial charge is 0.158 e. The molecule has 0 aliphatic heterocycles. The average Bonchev–Trinajstić information content (AvgIpc) is 2.95. The molecule has 0 unspecified atom stereocenters. The molecule has 0 bridgehead atoms. The zero-order valence-corrected chi connectivity index (χ0v) is 14.5. The minimum Gasteiger partial charge on any atom is -0.310 e. The van der Waals surface area contributed by atoms with Crippen LogP contribution >= 0.6 is 23.4 Å². The number of thioether (sulfide) groups is 1. The van der Waals surface area contributed by atoms with E-state index in [4.69, 9.17) is 11.6 Å². The lowest BCUT2D eigenvalue weighted by Gasteiger charge is -2.30. The summed E-state index contributed by atoms with van der Waals surface area (Å²) in [5, 5.41) is 4.48. The van der Waals surface area contributed by atoms with Crippen LogP contribution in [0.4, 0.5) is 0 Å². The van der Waals surface area contributed by atoms with Crippen LogP contribution in [-0.2, 0) is 19.5 Å². The summed E-state index contributed by atoms with van der Waals surface area (Å²) in [6.07, 6.45) is 4.45. The number of hydrogen-bond donors (Lipinski definition) is 0. The number of aryl methyl sites for hydroxylation is 2. The zero-order valence-electron chi connectivity index (χ0n) is 12.9. The first-order chi connectivity index (χ1) is 9.51. The second kappa shape index (κ2) is 5.98. The highest BCUT2D eigenvalue weighted by Gasteiger charge is 2.28. The van der Waals surface area contributed by atoms with Crippen LogP contribution < -0.4 is 0 Å². The van der Waals surface area contributed by atoms with Crippen molar-refractivity contribution in [1.82, 2.24) is 19.3 Å². The molecule has 0 fully saturated rings. The van der Waals surface area contributed by atoms with Gasteiger partial charge in [-0.2, -0.15) is 16.9 Å². The normalized spacial score (nSPS) is 12.5. The first-order valence-corrected chi connectivity index (χ1v) is 8.77. The van der Waals surface area contributed by atoms with Crippen LogP contribution in [0.15, 0.2) is 0 Å². The Morgan fingerprint density at radius 2 is 1.95 bits per heavy atom. The van der Waals surface area contributed by atoms with Crippen molar-refractivity contribution in [3.63, 3.8) is 0 Å². The molecule has 0 N–H and O–H groups in total. The Balaban J connectivity index is 2.57. The van der Waals surface area contributed by atoms with Crippen molar-refractivity contribution in [2.24, 2.45) is 7.05 Å². The minimum absolute atomic E-state index is 0.229. The van der Waals surface area contributed by atoms with Gasteiger partial charge < -0.3 is 4.57 Å². The third kappa shape index (κ3) is 2.46. The lowest BCUT2D eigenvalue weighted by Crippen LogP contribution is -2.30. The van der Waals surface area contributed by atoms with Gasteiger partial charge in [0.25, 0.3) is 0 Å². The van der Waals surface area contributed by atoms with E-state index in [1.165, 1.54) is 0 Å². The molecule has 0 spiro atoms. The van der Waals surface area contributed by atoms with E-state index in [1.807, 2.05) is 30.4 Å². The third-order valence-corrected chi connectivity index (χ3v) is 6.07. The highest BCUT2D eigenvalue weighted by Crippen LogP contribution is 2.34. The van der Waals surface area contributed by atoms with Crippen molar-refractivity contribution >= 4 is 34.5 Å². The molecule has 2 rings (SSSR count). The van der Waals surface area contributed by atoms with E-state index >= 15 is 0 Å². The molecule has 0 radical (unpaired) electrons. The predicted octanol–water partition coefficient (Wildman–Crippen LogP) is 3.74. The summed E-state index contributed by atoms with van der Waals surface area (Å²) in [6, 6.07) is 0. The van der Waals surface area contributed by atoms with E-state index in [0.29, 0.717) is 5.88 Å². The Kier molecular flexibility index (Phi) is 4.69. The zero-order chi connectivity index (χ0) is 14.9. The summed E-state index contributed by atoms with van der Waals surface area (Å²) in [5.74, 6) is 1.38. The molecule has 0 aromatic carbocycles. The maximum atomic E-state index is 6.10. The summed E-state index contributed by atoms with van der Waals surface area (Å²) in [7, 11) is 1.98. The largest absolute Gasteiger partial charge is 0.310 e. The average molecular weight is 315 g/mol. The number of hydrogen-bond acceptors (Lipinski definition) is 3. The molecule has 112 valence electrons. The third-order valence-electron chi connectivity index (χ3n) is 4.26. The van der Waals surface area contributed by atoms with E-state index < -0.39 is 0 Å². The van der Waals surface area contributed by atoms with Crippen LogP contribution in [0.5, 0.6) is 0 Å². The van der Waals surface area contributed by atoms with Gasteiger partial charge in [0, 0.05) is 18.3 Å². The lowest BCUT2D eigenvalue weighted by atomic mass is 10.0. The second-order valence-corrected chi connectivity index (χ2v) is 6.76. The van der Waals surface area contributed by atoms with E-state index in [1.54, 1.807) is 0 Å². The molecule has 2 heterocycles. The molecule has 0 aliphatic rings. The van der Waals surface area contributed by atoms with Crippen LogP contribution in [0.3, 0.4) is 0 Å². The molecule has 4 nitrogen and oxygen atoms in total. The summed E-state index contributed by atoms with van der Waals surface area (Å²) in [4.78, 5) is 4.68. The Morgan fingerprint density at radius 1 is 1.30 bits per heavy atom. The number of halogens is 1. The molecular formula is C14H23ClN4S. The SMILES string of the molecule is CCC(CC)(Cn1c(CCl)nc2c(C)nn(C)c21)SC. The van der Waals surface area contributed by atoms with Gasteiger partial charge in [0.05, 0.1) is 11.6 Å². The monoisotopic (exact) mass is 314 g/mol. The first kappa shape index (κ1) is 15.7. The van der Waals surface area contributed by atoms with E-state index in [-0.39, 0.29) is 4.75 Å². The Labute approximate surface area is 129 Å². The molecule has 20 heavy (non-hydrogen) atoms. The van der Waals surface area contributed by atoms with Gasteiger partial charge in [-0.25, -0.2) is 4.98 Å². The maximum Gasteiger partial charge on any atom is 0.158 e. The van der Waals surface area contributed by atoms with Crippen molar-refractivity contribution in [2.75, 3.05) is 6.26 Å². The quantitative estimate of drug-likeness (QED) is 0.762. The molecule has 0 amide bonds. The number of fused-ring (bicyclic) bond motifs is 1. The Hall–Kier alpha value is -0.680. The summed E-state index contributed by atoms with van der Waals surface area (Å²) < 4.78 is 4.41. The highest BCUT2D eigenvalue weighted by molar-refractivity contribution is 8.00. The number of nitrogens with zero attached hydrogens (tertiary/aromatic N) is 4. The minimum atomic E-state index is 0.229. The van der Waals surface area contributed by atoms with Gasteiger partial charge in [-0.05, 0) is 26.0 Å². The van der Waals surface area contributed by atoms with E-state index in [9.17, 15) is 0 Å². The predicted molar refractivity (Wildman–Crippen MR) is 87.6 cm³/mol. The summed E-state index contributed by atoms with van der Waals surface area (Å²) in [6.45, 7) is 7.43. The van der Waals surface area contributed by atoms with Crippen LogP contribution in [0.25, 0.3) is 11.2 Å². The molecular weight excluding hydrogens is 292 g/mol. The van der Waals surface area contributed by atoms with Crippen molar-refractivity contribution in [2.45, 2.75) is 50.8 Å². The number of aromatic nitrogens is 4.